The summed E-state index contributed by atoms with van der Waals surface area (Å²) >= 11 is 0. The first-order chi connectivity index (χ1) is 22.4. The number of hydrogen-bond donors (Lipinski definition) is 3. The number of piperidine rings is 1. The Morgan fingerprint density at radius 1 is 0.913 bits per heavy atom. The molecule has 6 heterocycles. The van der Waals surface area contributed by atoms with Crippen molar-refractivity contribution in [2.75, 3.05) is 25.0 Å². The number of amides is 4. The molecule has 13 nitrogen and oxygen atoms in total. The van der Waals surface area contributed by atoms with Gasteiger partial charge in [-0.25, -0.2) is 0 Å². The van der Waals surface area contributed by atoms with Crippen molar-refractivity contribution in [3.05, 3.63) is 59.7 Å². The van der Waals surface area contributed by atoms with Crippen LogP contribution in [-0.4, -0.2) is 78.7 Å². The predicted octanol–water partition coefficient (Wildman–Crippen LogP) is 2.78. The van der Waals surface area contributed by atoms with Crippen molar-refractivity contribution in [2.45, 2.75) is 62.6 Å². The summed E-state index contributed by atoms with van der Waals surface area (Å²) in [6.07, 6.45) is 10.5. The number of carbonyl (C=O) groups is 4. The summed E-state index contributed by atoms with van der Waals surface area (Å²) in [6.45, 7) is 2.60. The number of fused-ring (bicyclic) bond motifs is 2. The highest BCUT2D eigenvalue weighted by Gasteiger charge is 2.44. The fourth-order valence-corrected chi connectivity index (χ4v) is 7.20. The first kappa shape index (κ1) is 27.4. The molecule has 0 spiro atoms. The first-order valence-corrected chi connectivity index (χ1v) is 16.1. The SMILES string of the molecule is O=C1CCC(N2C(=O)c3ccc(NCC4CC(n5cc(-c6cc7c(cn6)cnn7C6CNC6)c(C6CC6)n5)C4)cc3C2=O)C(=O)N1. The van der Waals surface area contributed by atoms with Gasteiger partial charge in [0.25, 0.3) is 11.8 Å². The van der Waals surface area contributed by atoms with Crippen molar-refractivity contribution in [1.29, 1.82) is 0 Å². The van der Waals surface area contributed by atoms with Crippen molar-refractivity contribution in [2.24, 2.45) is 5.92 Å². The molecule has 46 heavy (non-hydrogen) atoms. The highest BCUT2D eigenvalue weighted by atomic mass is 16.2. The van der Waals surface area contributed by atoms with E-state index in [-0.39, 0.29) is 29.9 Å². The molecule has 2 aliphatic carbocycles. The number of imide groups is 2. The summed E-state index contributed by atoms with van der Waals surface area (Å²) in [4.78, 5) is 55.9. The summed E-state index contributed by atoms with van der Waals surface area (Å²) in [5, 5.41) is 19.8. The lowest BCUT2D eigenvalue weighted by atomic mass is 9.80. The Balaban J connectivity index is 0.865. The average Bonchev–Trinajstić information content (AvgIpc) is 3.55. The molecule has 1 unspecified atom stereocenters. The number of aromatic nitrogens is 5. The zero-order valence-corrected chi connectivity index (χ0v) is 25.1. The number of anilines is 1. The predicted molar refractivity (Wildman–Crippen MR) is 166 cm³/mol. The molecule has 3 aliphatic heterocycles. The second-order valence-electron chi connectivity index (χ2n) is 13.3. The van der Waals surface area contributed by atoms with E-state index < -0.39 is 23.8 Å². The van der Waals surface area contributed by atoms with E-state index in [4.69, 9.17) is 10.1 Å². The van der Waals surface area contributed by atoms with E-state index in [1.165, 1.54) is 0 Å². The molecule has 1 atom stereocenters. The summed E-state index contributed by atoms with van der Waals surface area (Å²) in [7, 11) is 0. The molecular formula is C33H33N9O4. The zero-order chi connectivity index (χ0) is 31.1. The average molecular weight is 620 g/mol. The van der Waals surface area contributed by atoms with E-state index >= 15 is 0 Å². The largest absolute Gasteiger partial charge is 0.385 e. The highest BCUT2D eigenvalue weighted by molar-refractivity contribution is 6.23. The molecule has 5 aliphatic rings. The van der Waals surface area contributed by atoms with Crippen LogP contribution in [0.5, 0.6) is 0 Å². The quantitative estimate of drug-likeness (QED) is 0.253. The topological polar surface area (TPSA) is 156 Å². The van der Waals surface area contributed by atoms with Crippen LogP contribution < -0.4 is 16.0 Å². The second kappa shape index (κ2) is 10.3. The van der Waals surface area contributed by atoms with Crippen molar-refractivity contribution >= 4 is 40.2 Å². The molecule has 234 valence electrons. The molecule has 4 amide bonds. The van der Waals surface area contributed by atoms with Crippen LogP contribution in [0.3, 0.4) is 0 Å². The number of pyridine rings is 1. The van der Waals surface area contributed by atoms with Gasteiger partial charge in [-0.05, 0) is 62.3 Å². The molecule has 3 aromatic heterocycles. The lowest BCUT2D eigenvalue weighted by Gasteiger charge is -2.35. The Hall–Kier alpha value is -4.91. The Labute approximate surface area is 263 Å². The maximum absolute atomic E-state index is 13.2. The minimum atomic E-state index is -0.969. The summed E-state index contributed by atoms with van der Waals surface area (Å²) < 4.78 is 4.26. The highest BCUT2D eigenvalue weighted by Crippen LogP contribution is 2.46. The summed E-state index contributed by atoms with van der Waals surface area (Å²) in [5.74, 6) is -1.06. The van der Waals surface area contributed by atoms with Crippen LogP contribution in [0.15, 0.2) is 42.9 Å². The number of nitrogens with zero attached hydrogens (tertiary/aromatic N) is 6. The lowest BCUT2D eigenvalue weighted by molar-refractivity contribution is -0.136. The molecule has 2 saturated carbocycles. The van der Waals surface area contributed by atoms with E-state index in [9.17, 15) is 19.2 Å². The van der Waals surface area contributed by atoms with Gasteiger partial charge in [0.1, 0.15) is 6.04 Å². The Bertz CT molecular complexity index is 1950. The van der Waals surface area contributed by atoms with Gasteiger partial charge in [-0.1, -0.05) is 0 Å². The summed E-state index contributed by atoms with van der Waals surface area (Å²) in [5.41, 5.74) is 5.65. The van der Waals surface area contributed by atoms with Crippen molar-refractivity contribution in [3.8, 4) is 11.3 Å². The normalized spacial score (nSPS) is 24.6. The van der Waals surface area contributed by atoms with Crippen LogP contribution >= 0.6 is 0 Å². The minimum absolute atomic E-state index is 0.0955. The molecule has 2 saturated heterocycles. The minimum Gasteiger partial charge on any atom is -0.385 e. The van der Waals surface area contributed by atoms with Crippen LogP contribution in [0.2, 0.25) is 0 Å². The molecule has 1 aromatic carbocycles. The molecular weight excluding hydrogens is 586 g/mol. The summed E-state index contributed by atoms with van der Waals surface area (Å²) in [6, 6.07) is 7.02. The van der Waals surface area contributed by atoms with E-state index in [1.807, 2.05) is 12.4 Å². The molecule has 4 fully saturated rings. The Kier molecular flexibility index (Phi) is 6.14. The van der Waals surface area contributed by atoms with Crippen LogP contribution in [0.4, 0.5) is 5.69 Å². The number of carbonyl (C=O) groups excluding carboxylic acids is 4. The third-order valence-corrected chi connectivity index (χ3v) is 10.2. The number of nitrogens with one attached hydrogen (secondary N) is 3. The zero-order valence-electron chi connectivity index (χ0n) is 25.1. The van der Waals surface area contributed by atoms with Gasteiger partial charge in [-0.15, -0.1) is 0 Å². The molecule has 13 heteroatoms. The number of hydrogen-bond acceptors (Lipinski definition) is 9. The van der Waals surface area contributed by atoms with Crippen LogP contribution in [0.25, 0.3) is 22.2 Å². The van der Waals surface area contributed by atoms with E-state index in [2.05, 4.69) is 42.7 Å². The molecule has 0 bridgehead atoms. The maximum atomic E-state index is 13.2. The van der Waals surface area contributed by atoms with Gasteiger partial charge >= 0.3 is 0 Å². The second-order valence-corrected chi connectivity index (χ2v) is 13.3. The van der Waals surface area contributed by atoms with Gasteiger partial charge in [0.2, 0.25) is 11.8 Å². The van der Waals surface area contributed by atoms with Gasteiger partial charge in [-0.3, -0.25) is 43.7 Å². The van der Waals surface area contributed by atoms with Gasteiger partial charge in [0, 0.05) is 61.0 Å². The third kappa shape index (κ3) is 4.43. The van der Waals surface area contributed by atoms with Gasteiger partial charge in [0.15, 0.2) is 0 Å². The molecule has 3 N–H and O–H groups in total. The molecule has 0 radical (unpaired) electrons. The van der Waals surface area contributed by atoms with E-state index in [0.717, 1.165) is 83.8 Å². The Morgan fingerprint density at radius 2 is 1.74 bits per heavy atom. The van der Waals surface area contributed by atoms with E-state index in [1.54, 1.807) is 18.2 Å². The van der Waals surface area contributed by atoms with Crippen LogP contribution in [-0.2, 0) is 9.59 Å². The van der Waals surface area contributed by atoms with E-state index in [0.29, 0.717) is 23.9 Å². The lowest BCUT2D eigenvalue weighted by Crippen LogP contribution is -2.54. The van der Waals surface area contributed by atoms with Gasteiger partial charge < -0.3 is 10.6 Å². The first-order valence-electron chi connectivity index (χ1n) is 16.1. The standard InChI is InChI=1S/C33H33N9O4/c43-29-6-5-27(31(44)38-29)41-32(45)23-4-3-20(9-24(23)33(41)46)35-11-17-7-21(8-17)40-16-25(30(39-40)18-1-2-18)26-10-28-19(12-36-26)13-37-42(28)22-14-34-15-22/h3-4,9-10,12-13,16-18,21-22,27,34-35H,1-2,5-8,11,14-15H2,(H,38,43,44). The molecule has 4 aromatic rings. The number of benzene rings is 1. The Morgan fingerprint density at radius 3 is 2.50 bits per heavy atom. The van der Waals surface area contributed by atoms with Crippen molar-refractivity contribution in [3.63, 3.8) is 0 Å². The van der Waals surface area contributed by atoms with Gasteiger partial charge in [-0.2, -0.15) is 10.2 Å². The third-order valence-electron chi connectivity index (χ3n) is 10.2. The van der Waals surface area contributed by atoms with Crippen molar-refractivity contribution < 1.29 is 19.2 Å². The monoisotopic (exact) mass is 619 g/mol. The fourth-order valence-electron chi connectivity index (χ4n) is 7.20. The smallest absolute Gasteiger partial charge is 0.262 e. The maximum Gasteiger partial charge on any atom is 0.262 e. The fraction of sp³-hybridized carbons (Fsp3) is 0.424. The molecule has 9 rings (SSSR count). The van der Waals surface area contributed by atoms with Crippen molar-refractivity contribution in [1.82, 2.24) is 40.1 Å². The van der Waals surface area contributed by atoms with Crippen LogP contribution in [0, 0.1) is 5.92 Å². The number of rotatable bonds is 8. The van der Waals surface area contributed by atoms with Gasteiger partial charge in [0.05, 0.1) is 46.3 Å². The van der Waals surface area contributed by atoms with Crippen LogP contribution in [0.1, 0.15) is 82.9 Å².